The van der Waals surface area contributed by atoms with E-state index in [2.05, 4.69) is 9.71 Å². The minimum Gasteiger partial charge on any atom is -0.598 e. The van der Waals surface area contributed by atoms with Gasteiger partial charge in [0.15, 0.2) is 0 Å². The fourth-order valence-corrected chi connectivity index (χ4v) is 3.53. The van der Waals surface area contributed by atoms with Crippen molar-refractivity contribution in [2.24, 2.45) is 0 Å². The predicted molar refractivity (Wildman–Crippen MR) is 98.8 cm³/mol. The average molecular weight is 382 g/mol. The van der Waals surface area contributed by atoms with Gasteiger partial charge in [-0.1, -0.05) is 12.1 Å². The molecule has 0 fully saturated rings. The first-order valence-corrected chi connectivity index (χ1v) is 9.45. The molecular formula is C19H24F2N2O2S. The van der Waals surface area contributed by atoms with Crippen LogP contribution in [0.5, 0.6) is 0 Å². The molecule has 7 heteroatoms. The third-order valence-corrected chi connectivity index (χ3v) is 5.78. The van der Waals surface area contributed by atoms with Crippen molar-refractivity contribution in [3.05, 3.63) is 65.0 Å². The monoisotopic (exact) mass is 382 g/mol. The van der Waals surface area contributed by atoms with Crippen molar-refractivity contribution in [1.29, 1.82) is 0 Å². The van der Waals surface area contributed by atoms with Gasteiger partial charge in [-0.25, -0.2) is 8.78 Å². The van der Waals surface area contributed by atoms with Crippen molar-refractivity contribution in [1.82, 2.24) is 9.71 Å². The summed E-state index contributed by atoms with van der Waals surface area (Å²) < 4.78 is 44.0. The first kappa shape index (κ1) is 20.8. The number of aliphatic hydroxyl groups excluding tert-OH is 1. The van der Waals surface area contributed by atoms with Crippen molar-refractivity contribution in [3.63, 3.8) is 0 Å². The summed E-state index contributed by atoms with van der Waals surface area (Å²) in [6.45, 7) is 6.59. The lowest BCUT2D eigenvalue weighted by Crippen LogP contribution is -2.53. The van der Waals surface area contributed by atoms with Gasteiger partial charge >= 0.3 is 0 Å². The van der Waals surface area contributed by atoms with Crippen molar-refractivity contribution >= 4 is 11.4 Å². The van der Waals surface area contributed by atoms with Crippen LogP contribution in [0.3, 0.4) is 0 Å². The Morgan fingerprint density at radius 1 is 1.19 bits per heavy atom. The Kier molecular flexibility index (Phi) is 6.39. The lowest BCUT2D eigenvalue weighted by molar-refractivity contribution is 0.241. The number of hydrogen-bond acceptors (Lipinski definition) is 4. The summed E-state index contributed by atoms with van der Waals surface area (Å²) in [6.07, 6.45) is 1.39. The third-order valence-electron chi connectivity index (χ3n) is 4.14. The summed E-state index contributed by atoms with van der Waals surface area (Å²) in [5.74, 6) is -1.09. The highest BCUT2D eigenvalue weighted by Gasteiger charge is 2.44. The summed E-state index contributed by atoms with van der Waals surface area (Å²) in [6, 6.07) is 7.15. The van der Waals surface area contributed by atoms with Crippen molar-refractivity contribution < 1.29 is 18.4 Å². The van der Waals surface area contributed by atoms with Crippen LogP contribution in [0, 0.1) is 18.6 Å². The quantitative estimate of drug-likeness (QED) is 0.752. The Bertz CT molecular complexity index is 767. The van der Waals surface area contributed by atoms with Crippen LogP contribution in [0.4, 0.5) is 8.78 Å². The molecule has 0 amide bonds. The molecule has 1 heterocycles. The van der Waals surface area contributed by atoms with Crippen molar-refractivity contribution in [2.75, 3.05) is 6.61 Å². The average Bonchev–Trinajstić information content (AvgIpc) is 2.56. The standard InChI is InChI=1S/C19H24F2N2O2S/c1-13-7-8-14(12-16(13)21)19(9-11-24,23-26(25)18(2,3)4)17-15(20)6-5-10-22-17/h5-8,10,12,23-24H,9,11H2,1-4H3/t19-,26?/m0/s1. The van der Waals surface area contributed by atoms with E-state index in [0.29, 0.717) is 11.1 Å². The van der Waals surface area contributed by atoms with E-state index in [1.807, 2.05) is 0 Å². The van der Waals surface area contributed by atoms with Crippen LogP contribution in [-0.4, -0.2) is 26.0 Å². The molecule has 2 rings (SSSR count). The fraction of sp³-hybridized carbons (Fsp3) is 0.421. The van der Waals surface area contributed by atoms with E-state index in [0.717, 1.165) is 0 Å². The Morgan fingerprint density at radius 3 is 2.42 bits per heavy atom. The van der Waals surface area contributed by atoms with Crippen LogP contribution in [-0.2, 0) is 16.9 Å². The lowest BCUT2D eigenvalue weighted by Gasteiger charge is -2.37. The van der Waals surface area contributed by atoms with Gasteiger partial charge in [-0.05, 0) is 57.0 Å². The molecule has 2 atom stereocenters. The van der Waals surface area contributed by atoms with Gasteiger partial charge < -0.3 is 9.66 Å². The summed E-state index contributed by atoms with van der Waals surface area (Å²) in [5, 5.41) is 9.67. The van der Waals surface area contributed by atoms with Gasteiger partial charge in [0, 0.05) is 30.6 Å². The highest BCUT2D eigenvalue weighted by molar-refractivity contribution is 7.90. The number of rotatable bonds is 6. The molecule has 0 aliphatic heterocycles. The van der Waals surface area contributed by atoms with Crippen LogP contribution in [0.25, 0.3) is 0 Å². The Balaban J connectivity index is 2.72. The van der Waals surface area contributed by atoms with Gasteiger partial charge in [0.25, 0.3) is 0 Å². The Labute approximate surface area is 156 Å². The van der Waals surface area contributed by atoms with E-state index in [1.54, 1.807) is 39.8 Å². The molecule has 0 aliphatic carbocycles. The van der Waals surface area contributed by atoms with Crippen LogP contribution < -0.4 is 4.72 Å². The van der Waals surface area contributed by atoms with E-state index >= 15 is 0 Å². The zero-order valence-electron chi connectivity index (χ0n) is 15.3. The topological polar surface area (TPSA) is 68.2 Å². The normalized spacial score (nSPS) is 15.5. The van der Waals surface area contributed by atoms with Gasteiger partial charge in [-0.3, -0.25) is 4.98 Å². The van der Waals surface area contributed by atoms with Crippen LogP contribution >= 0.6 is 0 Å². The molecule has 142 valence electrons. The summed E-state index contributed by atoms with van der Waals surface area (Å²) >= 11 is -1.62. The molecule has 1 aromatic heterocycles. The summed E-state index contributed by atoms with van der Waals surface area (Å²) in [4.78, 5) is 4.13. The maximum absolute atomic E-state index is 14.6. The molecule has 0 saturated carbocycles. The van der Waals surface area contributed by atoms with E-state index in [4.69, 9.17) is 0 Å². The van der Waals surface area contributed by atoms with Gasteiger partial charge in [0.05, 0.1) is 0 Å². The highest BCUT2D eigenvalue weighted by atomic mass is 32.2. The number of benzene rings is 1. The van der Waals surface area contributed by atoms with Gasteiger partial charge in [-0.15, -0.1) is 4.72 Å². The summed E-state index contributed by atoms with van der Waals surface area (Å²) in [5.41, 5.74) is -0.683. The second-order valence-corrected chi connectivity index (χ2v) is 9.13. The SMILES string of the molecule is Cc1ccc([C@](CCO)(N[S+]([O-])C(C)(C)C)c2ncccc2F)cc1F. The number of aryl methyl sites for hydroxylation is 1. The molecule has 0 spiro atoms. The zero-order chi connectivity index (χ0) is 19.5. The van der Waals surface area contributed by atoms with Crippen LogP contribution in [0.1, 0.15) is 44.0 Å². The maximum atomic E-state index is 14.6. The molecule has 26 heavy (non-hydrogen) atoms. The highest BCUT2D eigenvalue weighted by Crippen LogP contribution is 2.36. The number of hydrogen-bond donors (Lipinski definition) is 2. The number of pyridine rings is 1. The molecule has 2 aromatic rings. The number of aromatic nitrogens is 1. The molecule has 0 bridgehead atoms. The minimum absolute atomic E-state index is 0.0226. The molecule has 2 N–H and O–H groups in total. The third kappa shape index (κ3) is 4.23. The second-order valence-electron chi connectivity index (χ2n) is 7.16. The number of nitrogens with one attached hydrogen (secondary N) is 1. The summed E-state index contributed by atoms with van der Waals surface area (Å²) in [7, 11) is 0. The lowest BCUT2D eigenvalue weighted by atomic mass is 9.83. The van der Waals surface area contributed by atoms with Gasteiger partial charge in [0.2, 0.25) is 0 Å². The number of halogens is 2. The van der Waals surface area contributed by atoms with E-state index in [1.165, 1.54) is 24.4 Å². The van der Waals surface area contributed by atoms with Crippen LogP contribution in [0.15, 0.2) is 36.5 Å². The van der Waals surface area contributed by atoms with E-state index in [9.17, 15) is 18.4 Å². The molecule has 0 radical (unpaired) electrons. The van der Waals surface area contributed by atoms with Crippen molar-refractivity contribution in [2.45, 2.75) is 44.4 Å². The largest absolute Gasteiger partial charge is 0.598 e. The first-order chi connectivity index (χ1) is 12.1. The van der Waals surface area contributed by atoms with E-state index < -0.39 is 33.3 Å². The fourth-order valence-electron chi connectivity index (χ4n) is 2.59. The molecule has 1 unspecified atom stereocenters. The maximum Gasteiger partial charge on any atom is 0.147 e. The van der Waals surface area contributed by atoms with Crippen LogP contribution in [0.2, 0.25) is 0 Å². The smallest absolute Gasteiger partial charge is 0.147 e. The predicted octanol–water partition coefficient (Wildman–Crippen LogP) is 3.35. The molecule has 1 aromatic carbocycles. The Hall–Kier alpha value is -1.54. The molecule has 0 aliphatic rings. The second kappa shape index (κ2) is 8.00. The van der Waals surface area contributed by atoms with Gasteiger partial charge in [0.1, 0.15) is 27.6 Å². The number of nitrogens with zero attached hydrogens (tertiary/aromatic N) is 1. The Morgan fingerprint density at radius 2 is 1.88 bits per heavy atom. The number of aliphatic hydroxyl groups is 1. The zero-order valence-corrected chi connectivity index (χ0v) is 16.2. The molecule has 4 nitrogen and oxygen atoms in total. The van der Waals surface area contributed by atoms with E-state index in [-0.39, 0.29) is 18.7 Å². The molecule has 0 saturated heterocycles. The van der Waals surface area contributed by atoms with Crippen molar-refractivity contribution in [3.8, 4) is 0 Å². The first-order valence-electron chi connectivity index (χ1n) is 8.30. The van der Waals surface area contributed by atoms with Gasteiger partial charge in [-0.2, -0.15) is 0 Å². The molecular weight excluding hydrogens is 358 g/mol. The minimum atomic E-state index is -1.62.